The molecule has 2 aliphatic rings. The number of aliphatic carboxylic acids is 1. The molecule has 2 saturated heterocycles. The molecule has 2 unspecified atom stereocenters. The molecule has 0 bridgehead atoms. The van der Waals surface area contributed by atoms with Gasteiger partial charge in [0.25, 0.3) is 0 Å². The summed E-state index contributed by atoms with van der Waals surface area (Å²) in [6, 6.07) is -0.554. The maximum atomic E-state index is 11.6. The molecule has 3 atom stereocenters. The Hall–Kier alpha value is -1.68. The standard InChI is InChI=1S/C10H10N2O4S/c1-2-10(9(15)16)3-12-7(14)6(11-5-13)8(12)17-4-10/h1,5-6,8H,3-4H2,(H,11,13)(H,15,16)/t6?,8-,10?/m1/s1. The number of nitrogens with zero attached hydrogens (tertiary/aromatic N) is 1. The molecule has 2 fully saturated rings. The van der Waals surface area contributed by atoms with Gasteiger partial charge in [-0.15, -0.1) is 18.2 Å². The second-order valence-electron chi connectivity index (χ2n) is 3.96. The van der Waals surface area contributed by atoms with Crippen LogP contribution in [0.4, 0.5) is 0 Å². The van der Waals surface area contributed by atoms with Crippen molar-refractivity contribution in [2.45, 2.75) is 11.4 Å². The molecule has 0 radical (unpaired) electrons. The van der Waals surface area contributed by atoms with Gasteiger partial charge in [0, 0.05) is 12.3 Å². The molecule has 0 aromatic carbocycles. The lowest BCUT2D eigenvalue weighted by molar-refractivity contribution is -0.155. The molecular weight excluding hydrogens is 244 g/mol. The zero-order valence-electron chi connectivity index (χ0n) is 8.75. The van der Waals surface area contributed by atoms with Crippen molar-refractivity contribution in [2.75, 3.05) is 12.3 Å². The Kier molecular flexibility index (Phi) is 2.75. The Morgan fingerprint density at radius 2 is 2.47 bits per heavy atom. The predicted octanol–water partition coefficient (Wildman–Crippen LogP) is -1.28. The van der Waals surface area contributed by atoms with E-state index in [4.69, 9.17) is 11.5 Å². The molecule has 2 amide bonds. The fourth-order valence-corrected chi connectivity index (χ4v) is 3.45. The summed E-state index contributed by atoms with van der Waals surface area (Å²) in [6.45, 7) is 0.00632. The summed E-state index contributed by atoms with van der Waals surface area (Å²) in [5, 5.41) is 11.3. The quantitative estimate of drug-likeness (QED) is 0.372. The number of carboxylic acids is 1. The van der Waals surface area contributed by atoms with Gasteiger partial charge in [-0.1, -0.05) is 5.92 Å². The van der Waals surface area contributed by atoms with Gasteiger partial charge in [0.1, 0.15) is 11.4 Å². The second kappa shape index (κ2) is 3.96. The Morgan fingerprint density at radius 1 is 1.76 bits per heavy atom. The topological polar surface area (TPSA) is 86.7 Å². The van der Waals surface area contributed by atoms with Crippen LogP contribution in [-0.4, -0.2) is 52.0 Å². The lowest BCUT2D eigenvalue weighted by Gasteiger charge is -2.52. The van der Waals surface area contributed by atoms with Crippen LogP contribution in [0.25, 0.3) is 0 Å². The first-order valence-corrected chi connectivity index (χ1v) is 5.93. The van der Waals surface area contributed by atoms with Crippen molar-refractivity contribution in [2.24, 2.45) is 5.41 Å². The van der Waals surface area contributed by atoms with Crippen LogP contribution in [0.1, 0.15) is 0 Å². The molecule has 2 heterocycles. The fraction of sp³-hybridized carbons (Fsp3) is 0.500. The van der Waals surface area contributed by atoms with E-state index in [-0.39, 0.29) is 23.6 Å². The summed E-state index contributed by atoms with van der Waals surface area (Å²) in [4.78, 5) is 34.5. The van der Waals surface area contributed by atoms with E-state index in [1.54, 1.807) is 0 Å². The molecule has 0 aromatic heterocycles. The predicted molar refractivity (Wildman–Crippen MR) is 59.8 cm³/mol. The lowest BCUT2D eigenvalue weighted by Crippen LogP contribution is -2.72. The van der Waals surface area contributed by atoms with Crippen LogP contribution >= 0.6 is 11.8 Å². The highest BCUT2D eigenvalue weighted by atomic mass is 32.2. The van der Waals surface area contributed by atoms with Crippen molar-refractivity contribution in [3.8, 4) is 12.3 Å². The Labute approximate surface area is 102 Å². The van der Waals surface area contributed by atoms with Crippen molar-refractivity contribution >= 4 is 30.0 Å². The summed E-state index contributed by atoms with van der Waals surface area (Å²) in [7, 11) is 0. The molecule has 90 valence electrons. The first-order chi connectivity index (χ1) is 8.05. The van der Waals surface area contributed by atoms with Gasteiger partial charge in [-0.05, 0) is 0 Å². The van der Waals surface area contributed by atoms with Gasteiger partial charge in [-0.3, -0.25) is 14.4 Å². The van der Waals surface area contributed by atoms with Gasteiger partial charge in [0.05, 0.1) is 0 Å². The largest absolute Gasteiger partial charge is 0.480 e. The molecule has 0 aromatic rings. The monoisotopic (exact) mass is 254 g/mol. The van der Waals surface area contributed by atoms with Crippen molar-refractivity contribution in [1.82, 2.24) is 10.2 Å². The SMILES string of the molecule is C#CC1(C(=O)O)CS[C@@H]2C(NC=O)C(=O)N2C1. The number of nitrogens with one attached hydrogen (secondary N) is 1. The summed E-state index contributed by atoms with van der Waals surface area (Å²) < 4.78 is 0. The number of terminal acetylenes is 1. The van der Waals surface area contributed by atoms with E-state index in [0.717, 1.165) is 0 Å². The van der Waals surface area contributed by atoms with Gasteiger partial charge >= 0.3 is 5.97 Å². The zero-order valence-corrected chi connectivity index (χ0v) is 9.57. The van der Waals surface area contributed by atoms with Gasteiger partial charge in [0.15, 0.2) is 5.41 Å². The minimum Gasteiger partial charge on any atom is -0.480 e. The minimum atomic E-state index is -1.32. The highest BCUT2D eigenvalue weighted by molar-refractivity contribution is 8.00. The van der Waals surface area contributed by atoms with Crippen LogP contribution in [0.3, 0.4) is 0 Å². The highest BCUT2D eigenvalue weighted by Crippen LogP contribution is 2.41. The van der Waals surface area contributed by atoms with E-state index in [0.29, 0.717) is 6.41 Å². The van der Waals surface area contributed by atoms with Crippen LogP contribution in [0, 0.1) is 17.8 Å². The number of thioether (sulfide) groups is 1. The van der Waals surface area contributed by atoms with E-state index >= 15 is 0 Å². The molecule has 0 spiro atoms. The molecule has 2 aliphatic heterocycles. The van der Waals surface area contributed by atoms with E-state index in [9.17, 15) is 14.4 Å². The molecule has 0 aliphatic carbocycles. The third kappa shape index (κ3) is 1.56. The Bertz CT molecular complexity index is 433. The van der Waals surface area contributed by atoms with Crippen molar-refractivity contribution < 1.29 is 19.5 Å². The highest BCUT2D eigenvalue weighted by Gasteiger charge is 2.56. The number of carbonyl (C=O) groups is 3. The smallest absolute Gasteiger partial charge is 0.324 e. The number of hydrogen-bond donors (Lipinski definition) is 2. The van der Waals surface area contributed by atoms with Gasteiger partial charge < -0.3 is 15.3 Å². The maximum Gasteiger partial charge on any atom is 0.324 e. The van der Waals surface area contributed by atoms with Crippen LogP contribution in [-0.2, 0) is 14.4 Å². The molecule has 17 heavy (non-hydrogen) atoms. The van der Waals surface area contributed by atoms with Crippen LogP contribution in [0.2, 0.25) is 0 Å². The van der Waals surface area contributed by atoms with Crippen LogP contribution in [0.5, 0.6) is 0 Å². The summed E-state index contributed by atoms with van der Waals surface area (Å²) in [6.07, 6.45) is 5.73. The molecule has 6 nitrogen and oxygen atoms in total. The van der Waals surface area contributed by atoms with E-state index in [2.05, 4.69) is 11.2 Å². The number of fused-ring (bicyclic) bond motifs is 1. The van der Waals surface area contributed by atoms with Crippen molar-refractivity contribution in [1.29, 1.82) is 0 Å². The number of β-lactam (4-membered cyclic amide) rings is 1. The van der Waals surface area contributed by atoms with E-state index < -0.39 is 17.4 Å². The number of amides is 2. The van der Waals surface area contributed by atoms with E-state index in [1.807, 2.05) is 0 Å². The molecule has 0 saturated carbocycles. The van der Waals surface area contributed by atoms with Gasteiger partial charge in [-0.25, -0.2) is 0 Å². The molecular formula is C10H10N2O4S. The van der Waals surface area contributed by atoms with Gasteiger partial charge in [0.2, 0.25) is 12.3 Å². The number of carboxylic acid groups (broad SMARTS) is 1. The molecule has 2 N–H and O–H groups in total. The Morgan fingerprint density at radius 3 is 3.00 bits per heavy atom. The molecule has 2 rings (SSSR count). The summed E-state index contributed by atoms with van der Waals surface area (Å²) >= 11 is 1.28. The first-order valence-electron chi connectivity index (χ1n) is 4.89. The zero-order chi connectivity index (χ0) is 12.6. The molecule has 7 heteroatoms. The normalized spacial score (nSPS) is 35.2. The van der Waals surface area contributed by atoms with Crippen LogP contribution < -0.4 is 5.32 Å². The second-order valence-corrected chi connectivity index (χ2v) is 5.07. The maximum absolute atomic E-state index is 11.6. The van der Waals surface area contributed by atoms with E-state index in [1.165, 1.54) is 16.7 Å². The lowest BCUT2D eigenvalue weighted by atomic mass is 9.88. The summed E-state index contributed by atoms with van der Waals surface area (Å²) in [5.41, 5.74) is -1.32. The summed E-state index contributed by atoms with van der Waals surface area (Å²) in [5.74, 6) is 1.13. The van der Waals surface area contributed by atoms with Crippen LogP contribution in [0.15, 0.2) is 0 Å². The third-order valence-corrected chi connectivity index (χ3v) is 4.54. The number of rotatable bonds is 3. The van der Waals surface area contributed by atoms with Gasteiger partial charge in [-0.2, -0.15) is 0 Å². The minimum absolute atomic E-state index is 0.00632. The van der Waals surface area contributed by atoms with Crippen molar-refractivity contribution in [3.05, 3.63) is 0 Å². The number of carbonyl (C=O) groups excluding carboxylic acids is 2. The first kappa shape index (κ1) is 11.8. The third-order valence-electron chi connectivity index (χ3n) is 3.02. The average Bonchev–Trinajstić information content (AvgIpc) is 2.34. The van der Waals surface area contributed by atoms with Crippen molar-refractivity contribution in [3.63, 3.8) is 0 Å². The fourth-order valence-electron chi connectivity index (χ4n) is 1.95. The number of hydrogen-bond acceptors (Lipinski definition) is 4. The average molecular weight is 254 g/mol. The Balaban J connectivity index is 2.14.